The van der Waals surface area contributed by atoms with E-state index in [0.29, 0.717) is 32.4 Å². The number of thiazole rings is 1. The lowest BCUT2D eigenvalue weighted by Crippen LogP contribution is -2.23. The third-order valence-corrected chi connectivity index (χ3v) is 5.31. The zero-order valence-corrected chi connectivity index (χ0v) is 17.5. The van der Waals surface area contributed by atoms with Gasteiger partial charge in [-0.15, -0.1) is 0 Å². The Labute approximate surface area is 180 Å². The average molecular weight is 438 g/mol. The summed E-state index contributed by atoms with van der Waals surface area (Å²) in [5.41, 5.74) is 1.15. The van der Waals surface area contributed by atoms with Crippen molar-refractivity contribution < 1.29 is 19.0 Å². The quantitative estimate of drug-likeness (QED) is 0.469. The van der Waals surface area contributed by atoms with Crippen molar-refractivity contribution in [2.75, 3.05) is 26.1 Å². The molecule has 0 saturated carbocycles. The van der Waals surface area contributed by atoms with Crippen LogP contribution >= 0.6 is 11.3 Å². The lowest BCUT2D eigenvalue weighted by molar-refractivity contribution is -0.118. The number of ether oxygens (including phenoxy) is 3. The summed E-state index contributed by atoms with van der Waals surface area (Å²) in [7, 11) is 3.08. The Balaban J connectivity index is 1.46. The molecule has 0 aliphatic carbocycles. The molecule has 0 aliphatic heterocycles. The number of amides is 1. The highest BCUT2D eigenvalue weighted by atomic mass is 32.1. The van der Waals surface area contributed by atoms with Gasteiger partial charge < -0.3 is 19.5 Å². The van der Waals surface area contributed by atoms with Crippen molar-refractivity contribution in [3.05, 3.63) is 69.2 Å². The summed E-state index contributed by atoms with van der Waals surface area (Å²) < 4.78 is 17.8. The topological polar surface area (TPSA) is 104 Å². The van der Waals surface area contributed by atoms with E-state index in [1.165, 1.54) is 29.3 Å². The van der Waals surface area contributed by atoms with Crippen molar-refractivity contribution >= 4 is 34.0 Å². The van der Waals surface area contributed by atoms with Gasteiger partial charge in [0.05, 0.1) is 18.8 Å². The summed E-state index contributed by atoms with van der Waals surface area (Å²) >= 11 is 1.25. The molecule has 158 valence electrons. The van der Waals surface area contributed by atoms with Gasteiger partial charge in [-0.1, -0.05) is 17.4 Å². The molecule has 0 radical (unpaired) electrons. The molecule has 4 aromatic rings. The smallest absolute Gasteiger partial charge is 0.291 e. The monoisotopic (exact) mass is 438 g/mol. The molecule has 2 aromatic carbocycles. The van der Waals surface area contributed by atoms with Gasteiger partial charge in [0.25, 0.3) is 11.5 Å². The molecule has 9 nitrogen and oxygen atoms in total. The standard InChI is InChI=1S/C21H18N4O5S/c1-28-15-6-4-14(5-7-15)24-19(26)11-30-16-8-3-13(9-17(16)29-2)10-18-20(27)25-21(31-18)22-12-23-25/h3-10,12H,11H2,1-2H3,(H,24,26)/b18-10-. The van der Waals surface area contributed by atoms with Crippen LogP contribution in [0.3, 0.4) is 0 Å². The second kappa shape index (κ2) is 8.84. The fourth-order valence-electron chi connectivity index (χ4n) is 2.84. The summed E-state index contributed by atoms with van der Waals surface area (Å²) in [5.74, 6) is 1.24. The molecule has 2 aromatic heterocycles. The lowest BCUT2D eigenvalue weighted by atomic mass is 10.2. The van der Waals surface area contributed by atoms with Gasteiger partial charge in [-0.3, -0.25) is 9.59 Å². The van der Waals surface area contributed by atoms with Crippen molar-refractivity contribution in [3.8, 4) is 17.2 Å². The minimum Gasteiger partial charge on any atom is -0.497 e. The first kappa shape index (κ1) is 20.4. The number of benzene rings is 2. The number of anilines is 1. The molecule has 31 heavy (non-hydrogen) atoms. The number of nitrogens with one attached hydrogen (secondary N) is 1. The summed E-state index contributed by atoms with van der Waals surface area (Å²) in [6, 6.07) is 12.2. The second-order valence-electron chi connectivity index (χ2n) is 6.35. The van der Waals surface area contributed by atoms with E-state index in [1.807, 2.05) is 0 Å². The van der Waals surface area contributed by atoms with Gasteiger partial charge in [-0.05, 0) is 48.0 Å². The highest BCUT2D eigenvalue weighted by molar-refractivity contribution is 7.15. The third-order valence-electron chi connectivity index (χ3n) is 4.34. The predicted octanol–water partition coefficient (Wildman–Crippen LogP) is 1.73. The molecule has 1 N–H and O–H groups in total. The maximum Gasteiger partial charge on any atom is 0.291 e. The molecule has 0 saturated heterocycles. The Hall–Kier alpha value is -3.92. The van der Waals surface area contributed by atoms with E-state index < -0.39 is 0 Å². The van der Waals surface area contributed by atoms with Gasteiger partial charge in [-0.2, -0.15) is 9.61 Å². The van der Waals surface area contributed by atoms with Crippen molar-refractivity contribution in [2.45, 2.75) is 0 Å². The number of carbonyl (C=O) groups excluding carboxylic acids is 1. The van der Waals surface area contributed by atoms with Crippen LogP contribution in [0.4, 0.5) is 5.69 Å². The van der Waals surface area contributed by atoms with Crippen LogP contribution in [-0.4, -0.2) is 41.3 Å². The fourth-order valence-corrected chi connectivity index (χ4v) is 3.72. The summed E-state index contributed by atoms with van der Waals surface area (Å²) in [4.78, 5) is 29.1. The highest BCUT2D eigenvalue weighted by Crippen LogP contribution is 2.28. The molecule has 0 aliphatic rings. The molecule has 0 bridgehead atoms. The summed E-state index contributed by atoms with van der Waals surface area (Å²) in [6.07, 6.45) is 3.07. The summed E-state index contributed by atoms with van der Waals surface area (Å²) in [6.45, 7) is -0.191. The second-order valence-corrected chi connectivity index (χ2v) is 7.35. The predicted molar refractivity (Wildman–Crippen MR) is 116 cm³/mol. The maximum absolute atomic E-state index is 12.3. The van der Waals surface area contributed by atoms with E-state index in [9.17, 15) is 9.59 Å². The van der Waals surface area contributed by atoms with E-state index >= 15 is 0 Å². The first-order valence-electron chi connectivity index (χ1n) is 9.16. The van der Waals surface area contributed by atoms with Gasteiger partial charge >= 0.3 is 0 Å². The van der Waals surface area contributed by atoms with Crippen LogP contribution in [-0.2, 0) is 4.79 Å². The van der Waals surface area contributed by atoms with E-state index in [1.54, 1.807) is 55.7 Å². The highest BCUT2D eigenvalue weighted by Gasteiger charge is 2.10. The number of fused-ring (bicyclic) bond motifs is 1. The number of hydrogen-bond donors (Lipinski definition) is 1. The zero-order chi connectivity index (χ0) is 21.8. The van der Waals surface area contributed by atoms with Crippen molar-refractivity contribution in [1.29, 1.82) is 0 Å². The van der Waals surface area contributed by atoms with Gasteiger partial charge in [0.1, 0.15) is 12.1 Å². The molecular weight excluding hydrogens is 420 g/mol. The molecule has 10 heteroatoms. The number of nitrogens with zero attached hydrogens (tertiary/aromatic N) is 3. The van der Waals surface area contributed by atoms with Crippen molar-refractivity contribution in [2.24, 2.45) is 0 Å². The molecule has 0 unspecified atom stereocenters. The van der Waals surface area contributed by atoms with Crippen LogP contribution in [0.5, 0.6) is 17.2 Å². The molecule has 0 fully saturated rings. The number of aromatic nitrogens is 3. The van der Waals surface area contributed by atoms with Crippen LogP contribution in [0, 0.1) is 0 Å². The first-order valence-corrected chi connectivity index (χ1v) is 9.98. The van der Waals surface area contributed by atoms with Gasteiger partial charge in [0, 0.05) is 5.69 Å². The van der Waals surface area contributed by atoms with Crippen LogP contribution in [0.25, 0.3) is 11.0 Å². The Morgan fingerprint density at radius 2 is 1.94 bits per heavy atom. The van der Waals surface area contributed by atoms with Crippen LogP contribution in [0.15, 0.2) is 53.6 Å². The normalized spacial score (nSPS) is 11.5. The fraction of sp³-hybridized carbons (Fsp3) is 0.143. The first-order chi connectivity index (χ1) is 15.1. The number of methoxy groups -OCH3 is 2. The molecule has 1 amide bonds. The van der Waals surface area contributed by atoms with E-state index in [0.717, 1.165) is 5.56 Å². The third kappa shape index (κ3) is 4.48. The van der Waals surface area contributed by atoms with Crippen molar-refractivity contribution in [1.82, 2.24) is 14.6 Å². The van der Waals surface area contributed by atoms with Crippen molar-refractivity contribution in [3.63, 3.8) is 0 Å². The van der Waals surface area contributed by atoms with Crippen LogP contribution in [0.2, 0.25) is 0 Å². The zero-order valence-electron chi connectivity index (χ0n) is 16.7. The average Bonchev–Trinajstić information content (AvgIpc) is 3.36. The minimum absolute atomic E-state index is 0.191. The number of rotatable bonds is 7. The number of carbonyl (C=O) groups is 1. The largest absolute Gasteiger partial charge is 0.497 e. The molecule has 0 atom stereocenters. The van der Waals surface area contributed by atoms with Crippen LogP contribution in [0.1, 0.15) is 5.56 Å². The number of hydrogen-bond acceptors (Lipinski definition) is 8. The molecule has 4 rings (SSSR count). The van der Waals surface area contributed by atoms with E-state index in [-0.39, 0.29) is 18.1 Å². The molecule has 2 heterocycles. The Morgan fingerprint density at radius 1 is 1.13 bits per heavy atom. The van der Waals surface area contributed by atoms with E-state index in [4.69, 9.17) is 14.2 Å². The Morgan fingerprint density at radius 3 is 2.65 bits per heavy atom. The SMILES string of the molecule is COc1ccc(NC(=O)COc2ccc(/C=c3\sc4ncnn4c3=O)cc2OC)cc1. The lowest BCUT2D eigenvalue weighted by Gasteiger charge is -2.11. The Bertz CT molecular complexity index is 1330. The summed E-state index contributed by atoms with van der Waals surface area (Å²) in [5, 5.41) is 6.65. The van der Waals surface area contributed by atoms with E-state index in [2.05, 4.69) is 15.4 Å². The van der Waals surface area contributed by atoms with Gasteiger partial charge in [0.15, 0.2) is 18.1 Å². The van der Waals surface area contributed by atoms with Crippen LogP contribution < -0.4 is 29.6 Å². The molecule has 0 spiro atoms. The maximum atomic E-state index is 12.3. The molecular formula is C21H18N4O5S. The van der Waals surface area contributed by atoms with Gasteiger partial charge in [0.2, 0.25) is 4.96 Å². The Kier molecular flexibility index (Phi) is 5.80. The van der Waals surface area contributed by atoms with Gasteiger partial charge in [-0.25, -0.2) is 4.98 Å². The minimum atomic E-state index is -0.312.